The van der Waals surface area contributed by atoms with Crippen molar-refractivity contribution < 1.29 is 52.5 Å². The Morgan fingerprint density at radius 2 is 1.01 bits per heavy atom. The van der Waals surface area contributed by atoms with Gasteiger partial charge in [-0.3, -0.25) is 19.2 Å². The van der Waals surface area contributed by atoms with Crippen molar-refractivity contribution in [3.05, 3.63) is 35.5 Å². The molecule has 11 nitrogen and oxygen atoms in total. The molecule has 0 spiro atoms. The molecule has 6 saturated carbocycles. The Balaban J connectivity index is 0.000000206. The van der Waals surface area contributed by atoms with Gasteiger partial charge in [-0.1, -0.05) is 97.6 Å². The average molecular weight is 959 g/mol. The summed E-state index contributed by atoms with van der Waals surface area (Å²) in [7, 11) is 0. The molecule has 69 heavy (non-hydrogen) atoms. The van der Waals surface area contributed by atoms with Crippen molar-refractivity contribution in [1.82, 2.24) is 0 Å². The van der Waals surface area contributed by atoms with Crippen LogP contribution in [0.15, 0.2) is 35.5 Å². The summed E-state index contributed by atoms with van der Waals surface area (Å²) in [5.41, 5.74) is 1.80. The molecule has 0 aromatic rings. The lowest BCUT2D eigenvalue weighted by Gasteiger charge is -2.64. The number of hydrogen-bond acceptors (Lipinski definition) is 11. The smallest absolute Gasteiger partial charge is 0.330 e. The average Bonchev–Trinajstić information content (AvgIpc) is 3.82. The quantitative estimate of drug-likeness (QED) is 0.0677. The monoisotopic (exact) mass is 959 g/mol. The van der Waals surface area contributed by atoms with Gasteiger partial charge < -0.3 is 28.5 Å². The molecule has 0 aromatic heterocycles. The highest BCUT2D eigenvalue weighted by Gasteiger charge is 2.68. The largest absolute Gasteiger partial charge is 0.463 e. The van der Waals surface area contributed by atoms with E-state index < -0.39 is 10.8 Å². The highest BCUT2D eigenvalue weighted by Crippen LogP contribution is 2.70. The van der Waals surface area contributed by atoms with Crippen molar-refractivity contribution in [3.63, 3.8) is 0 Å². The predicted molar refractivity (Wildman–Crippen MR) is 263 cm³/mol. The maximum Gasteiger partial charge on any atom is 0.330 e. The van der Waals surface area contributed by atoms with Gasteiger partial charge in [-0.25, -0.2) is 4.79 Å². The van der Waals surface area contributed by atoms with E-state index >= 15 is 0 Å². The normalized spacial score (nSPS) is 43.7. The van der Waals surface area contributed by atoms with Crippen molar-refractivity contribution in [3.8, 4) is 0 Å². The molecule has 8 aliphatic rings. The Bertz CT molecular complexity index is 2070. The van der Waals surface area contributed by atoms with Crippen LogP contribution < -0.4 is 0 Å². The zero-order valence-corrected chi connectivity index (χ0v) is 44.3. The van der Waals surface area contributed by atoms with Gasteiger partial charge >= 0.3 is 29.8 Å². The van der Waals surface area contributed by atoms with Gasteiger partial charge in [0.15, 0.2) is 0 Å². The van der Waals surface area contributed by atoms with E-state index in [0.717, 1.165) is 56.8 Å². The molecular formula is C58H86O11. The minimum Gasteiger partial charge on any atom is -0.463 e. The minimum absolute atomic E-state index is 0.0105. The molecule has 8 aliphatic carbocycles. The van der Waals surface area contributed by atoms with E-state index in [1.807, 2.05) is 13.0 Å². The van der Waals surface area contributed by atoms with Crippen LogP contribution in [0, 0.1) is 92.7 Å². The van der Waals surface area contributed by atoms with Crippen molar-refractivity contribution in [2.24, 2.45) is 92.7 Å². The number of carbonyl (C=O) groups is 6. The van der Waals surface area contributed by atoms with E-state index in [2.05, 4.69) is 60.6 Å². The Hall–Kier alpha value is -3.76. The maximum absolute atomic E-state index is 12.4. The zero-order chi connectivity index (χ0) is 50.5. The molecule has 0 unspecified atom stereocenters. The van der Waals surface area contributed by atoms with Crippen LogP contribution in [0.4, 0.5) is 0 Å². The third-order valence-electron chi connectivity index (χ3n) is 20.5. The molecule has 6 fully saturated rings. The molecular weight excluding hydrogens is 873 g/mol. The Kier molecular flexibility index (Phi) is 15.7. The standard InChI is InChI=1S/C31H46O6.C27H40O5/c1-8-35-28(34)12-9-19(3)23-10-11-24-29-25(17-27(31(23,24)7)37-21(5)33)30(6)14-13-18(2)15-22(30)16-26(29)36-20(4)32;1-15-9-10-26(5)19(11-15)12-23(31-17(3)29)25-21-8-7-20(16(2)14-28)27(21,6)24(13-22(25)26)32-18(4)30/h9-10,12,18-19,22,24-27,29H,8,11,13-17H2,1-7H3;7,14-16,19,21-25H,8-13H2,1-6H3/b12-9+;/t18-,19-,22+,24+,25+,26-,27-,29+,30+,31-;15-,16-,19+,21+,22+,23-,24-,25+,26+,27-/m11/s1. The number of esters is 5. The first-order valence-corrected chi connectivity index (χ1v) is 26.8. The van der Waals surface area contributed by atoms with Crippen LogP contribution in [0.5, 0.6) is 0 Å². The predicted octanol–water partition coefficient (Wildman–Crippen LogP) is 11.2. The number of aldehydes is 1. The molecule has 8 rings (SSSR count). The van der Waals surface area contributed by atoms with Crippen molar-refractivity contribution >= 4 is 36.1 Å². The summed E-state index contributed by atoms with van der Waals surface area (Å²) >= 11 is 0. The van der Waals surface area contributed by atoms with E-state index in [1.54, 1.807) is 6.92 Å². The summed E-state index contributed by atoms with van der Waals surface area (Å²) < 4.78 is 29.4. The number of hydrogen-bond donors (Lipinski definition) is 0. The molecule has 384 valence electrons. The number of fused-ring (bicyclic) bond motifs is 10. The first-order valence-electron chi connectivity index (χ1n) is 26.8. The summed E-state index contributed by atoms with van der Waals surface area (Å²) in [6, 6.07) is 0. The zero-order valence-electron chi connectivity index (χ0n) is 44.3. The molecule has 0 heterocycles. The molecule has 20 atom stereocenters. The van der Waals surface area contributed by atoms with Gasteiger partial charge in [-0.15, -0.1) is 0 Å². The summed E-state index contributed by atoms with van der Waals surface area (Å²) in [5, 5.41) is 0. The summed E-state index contributed by atoms with van der Waals surface area (Å²) in [4.78, 5) is 72.8. The van der Waals surface area contributed by atoms with Gasteiger partial charge in [-0.05, 0) is 135 Å². The fourth-order valence-corrected chi connectivity index (χ4v) is 17.3. The van der Waals surface area contributed by atoms with E-state index in [-0.39, 0.29) is 101 Å². The van der Waals surface area contributed by atoms with Crippen LogP contribution in [-0.2, 0) is 52.5 Å². The molecule has 0 saturated heterocycles. The molecule has 11 heteroatoms. The third kappa shape index (κ3) is 9.69. The molecule has 0 radical (unpaired) electrons. The topological polar surface area (TPSA) is 149 Å². The van der Waals surface area contributed by atoms with Gasteiger partial charge in [-0.2, -0.15) is 0 Å². The highest BCUT2D eigenvalue weighted by atomic mass is 16.6. The van der Waals surface area contributed by atoms with Gasteiger partial charge in [0.2, 0.25) is 0 Å². The summed E-state index contributed by atoms with van der Waals surface area (Å²) in [6.07, 6.45) is 20.4. The fourth-order valence-electron chi connectivity index (χ4n) is 17.3. The lowest BCUT2D eigenvalue weighted by molar-refractivity contribution is -0.211. The van der Waals surface area contributed by atoms with Gasteiger partial charge in [0.1, 0.15) is 30.7 Å². The Morgan fingerprint density at radius 3 is 1.39 bits per heavy atom. The van der Waals surface area contributed by atoms with Crippen LogP contribution in [0.2, 0.25) is 0 Å². The van der Waals surface area contributed by atoms with Crippen molar-refractivity contribution in [1.29, 1.82) is 0 Å². The fraction of sp³-hybridized carbons (Fsp3) is 0.793. The van der Waals surface area contributed by atoms with Crippen molar-refractivity contribution in [2.75, 3.05) is 6.61 Å². The minimum atomic E-state index is -0.406. The van der Waals surface area contributed by atoms with Crippen LogP contribution in [0.25, 0.3) is 0 Å². The number of rotatable bonds is 10. The second kappa shape index (κ2) is 20.4. The number of carbonyl (C=O) groups excluding carboxylic acids is 6. The Labute approximate surface area is 413 Å². The lowest BCUT2D eigenvalue weighted by atomic mass is 9.42. The molecule has 0 aliphatic heterocycles. The number of ether oxygens (including phenoxy) is 5. The molecule has 0 aromatic carbocycles. The highest BCUT2D eigenvalue weighted by molar-refractivity contribution is 5.82. The van der Waals surface area contributed by atoms with Crippen LogP contribution in [-0.4, -0.2) is 67.2 Å². The van der Waals surface area contributed by atoms with E-state index in [1.165, 1.54) is 71.4 Å². The van der Waals surface area contributed by atoms with Crippen LogP contribution in [0.3, 0.4) is 0 Å². The van der Waals surface area contributed by atoms with E-state index in [0.29, 0.717) is 42.1 Å². The lowest BCUT2D eigenvalue weighted by Crippen LogP contribution is -2.62. The van der Waals surface area contributed by atoms with E-state index in [4.69, 9.17) is 23.7 Å². The molecule has 0 bridgehead atoms. The Morgan fingerprint density at radius 1 is 0.609 bits per heavy atom. The summed E-state index contributed by atoms with van der Waals surface area (Å²) in [5.74, 6) is 2.37. The number of allylic oxidation sites excluding steroid dienone is 3. The van der Waals surface area contributed by atoms with E-state index in [9.17, 15) is 28.8 Å². The first kappa shape index (κ1) is 53.0. The second-order valence-electron chi connectivity index (χ2n) is 24.4. The SMILES string of the molecule is CC(=O)O[C@@H]1C[C@@H]2C[C@H](C)CC[C@]2(C)[C@H]2C[C@@H](OC(C)=O)[C@]3(C)C([C@H](C)C=O)=CC[C@H]3[C@H]12.CCOC(=O)/C=C/[C@@H](C)C1=CC[C@H]2[C@@H]3[C@H](OC(C)=O)C[C@@H]4C[C@H](C)CC[C@]4(C)[C@H]3C[C@@H](OC(C)=O)[C@]12C. The first-order chi connectivity index (χ1) is 32.4. The van der Waals surface area contributed by atoms with Gasteiger partial charge in [0.05, 0.1) is 6.61 Å². The second-order valence-corrected chi connectivity index (χ2v) is 24.4. The molecule has 0 amide bonds. The summed E-state index contributed by atoms with van der Waals surface area (Å²) in [6.45, 7) is 26.2. The van der Waals surface area contributed by atoms with Crippen LogP contribution >= 0.6 is 0 Å². The maximum atomic E-state index is 12.4. The molecule has 0 N–H and O–H groups in total. The van der Waals surface area contributed by atoms with Crippen molar-refractivity contribution in [2.45, 2.75) is 191 Å². The van der Waals surface area contributed by atoms with Gasteiger partial charge in [0, 0.05) is 62.4 Å². The third-order valence-corrected chi connectivity index (χ3v) is 20.5. The van der Waals surface area contributed by atoms with Crippen LogP contribution in [0.1, 0.15) is 167 Å². The van der Waals surface area contributed by atoms with Gasteiger partial charge in [0.25, 0.3) is 0 Å².